The van der Waals surface area contributed by atoms with Crippen molar-refractivity contribution in [2.24, 2.45) is 0 Å². The van der Waals surface area contributed by atoms with Gasteiger partial charge in [-0.25, -0.2) is 9.78 Å². The van der Waals surface area contributed by atoms with Gasteiger partial charge in [-0.15, -0.1) is 11.3 Å². The number of anilines is 1. The van der Waals surface area contributed by atoms with Gasteiger partial charge < -0.3 is 15.0 Å². The smallest absolute Gasteiger partial charge is 0.410 e. The molecule has 0 atom stereocenters. The van der Waals surface area contributed by atoms with E-state index >= 15 is 0 Å². The van der Waals surface area contributed by atoms with Crippen LogP contribution in [0.5, 0.6) is 0 Å². The highest BCUT2D eigenvalue weighted by Gasteiger charge is 2.24. The number of amides is 2. The van der Waals surface area contributed by atoms with Gasteiger partial charge in [-0.05, 0) is 56.9 Å². The van der Waals surface area contributed by atoms with E-state index in [0.717, 1.165) is 22.7 Å². The van der Waals surface area contributed by atoms with E-state index < -0.39 is 5.60 Å². The molecular weight excluding hydrogens is 386 g/mol. The second kappa shape index (κ2) is 8.78. The lowest BCUT2D eigenvalue weighted by Gasteiger charge is -2.29. The van der Waals surface area contributed by atoms with Crippen molar-refractivity contribution in [2.75, 3.05) is 18.4 Å². The summed E-state index contributed by atoms with van der Waals surface area (Å²) >= 11 is 1.37. The molecule has 7 heteroatoms. The summed E-state index contributed by atoms with van der Waals surface area (Å²) in [5.74, 6) is -0.162. The predicted molar refractivity (Wildman–Crippen MR) is 116 cm³/mol. The van der Waals surface area contributed by atoms with Gasteiger partial charge >= 0.3 is 6.09 Å². The van der Waals surface area contributed by atoms with Crippen LogP contribution in [0.3, 0.4) is 0 Å². The van der Waals surface area contributed by atoms with Gasteiger partial charge in [-0.3, -0.25) is 4.79 Å². The molecule has 0 saturated carbocycles. The molecule has 1 aliphatic rings. The molecule has 0 saturated heterocycles. The van der Waals surface area contributed by atoms with E-state index in [0.29, 0.717) is 24.4 Å². The van der Waals surface area contributed by atoms with Crippen LogP contribution in [0.2, 0.25) is 0 Å². The predicted octanol–water partition coefficient (Wildman–Crippen LogP) is 4.98. The van der Waals surface area contributed by atoms with Gasteiger partial charge in [0.25, 0.3) is 5.91 Å². The number of nitrogens with zero attached hydrogens (tertiary/aromatic N) is 2. The maximum absolute atomic E-state index is 12.5. The van der Waals surface area contributed by atoms with Gasteiger partial charge in [-0.1, -0.05) is 25.1 Å². The number of thiazole rings is 1. The minimum atomic E-state index is -0.504. The van der Waals surface area contributed by atoms with Crippen molar-refractivity contribution in [1.82, 2.24) is 9.88 Å². The fourth-order valence-corrected chi connectivity index (χ4v) is 3.78. The molecule has 0 aliphatic carbocycles. The van der Waals surface area contributed by atoms with Crippen LogP contribution in [0.4, 0.5) is 10.5 Å². The van der Waals surface area contributed by atoms with E-state index in [1.54, 1.807) is 11.1 Å². The molecule has 1 aromatic heterocycles. The quantitative estimate of drug-likeness (QED) is 0.767. The average molecular weight is 414 g/mol. The van der Waals surface area contributed by atoms with Gasteiger partial charge in [0.2, 0.25) is 0 Å². The molecule has 1 aromatic carbocycles. The Bertz CT molecular complexity index is 910. The summed E-state index contributed by atoms with van der Waals surface area (Å²) in [4.78, 5) is 31.3. The molecule has 0 fully saturated rings. The minimum absolute atomic E-state index is 0.162. The molecule has 0 radical (unpaired) electrons. The van der Waals surface area contributed by atoms with E-state index in [-0.39, 0.29) is 12.0 Å². The number of ether oxygens (including phenoxy) is 1. The highest BCUT2D eigenvalue weighted by Crippen LogP contribution is 2.27. The van der Waals surface area contributed by atoms with Crippen molar-refractivity contribution in [3.8, 4) is 0 Å². The van der Waals surface area contributed by atoms with Crippen molar-refractivity contribution in [1.29, 1.82) is 0 Å². The lowest BCUT2D eigenvalue weighted by atomic mass is 10.1. The Hall–Kier alpha value is -2.67. The number of carbonyl (C=O) groups is 2. The maximum Gasteiger partial charge on any atom is 0.410 e. The SMILES string of the molecule is CCc1ccc(NC(=O)c2cnc(C3=CCN(C(=O)OC(C)(C)C)CC3)s2)cc1. The summed E-state index contributed by atoms with van der Waals surface area (Å²) in [5, 5.41) is 3.73. The highest BCUT2D eigenvalue weighted by atomic mass is 32.1. The van der Waals surface area contributed by atoms with Gasteiger partial charge in [0, 0.05) is 18.8 Å². The third kappa shape index (κ3) is 5.67. The molecule has 1 N–H and O–H groups in total. The molecule has 2 heterocycles. The summed E-state index contributed by atoms with van der Waals surface area (Å²) in [6.45, 7) is 8.73. The van der Waals surface area contributed by atoms with Crippen LogP contribution in [0.15, 0.2) is 36.5 Å². The Morgan fingerprint density at radius 3 is 2.55 bits per heavy atom. The van der Waals surface area contributed by atoms with Crippen molar-refractivity contribution in [3.63, 3.8) is 0 Å². The zero-order chi connectivity index (χ0) is 21.0. The molecule has 29 heavy (non-hydrogen) atoms. The number of nitrogens with one attached hydrogen (secondary N) is 1. The number of carbonyl (C=O) groups excluding carboxylic acids is 2. The number of rotatable bonds is 4. The highest BCUT2D eigenvalue weighted by molar-refractivity contribution is 7.14. The molecular formula is C22H27N3O3S. The third-order valence-corrected chi connectivity index (χ3v) is 5.56. The molecule has 0 unspecified atom stereocenters. The molecule has 6 nitrogen and oxygen atoms in total. The number of aromatic nitrogens is 1. The number of benzene rings is 1. The minimum Gasteiger partial charge on any atom is -0.444 e. The van der Waals surface area contributed by atoms with Crippen LogP contribution >= 0.6 is 11.3 Å². The van der Waals surface area contributed by atoms with Crippen LogP contribution in [-0.4, -0.2) is 40.6 Å². The van der Waals surface area contributed by atoms with Crippen molar-refractivity contribution in [2.45, 2.75) is 46.1 Å². The Balaban J connectivity index is 1.61. The third-order valence-electron chi connectivity index (χ3n) is 4.49. The monoisotopic (exact) mass is 413 g/mol. The fraction of sp³-hybridized carbons (Fsp3) is 0.409. The van der Waals surface area contributed by atoms with Gasteiger partial charge in [0.15, 0.2) is 0 Å². The molecule has 2 aromatic rings. The molecule has 1 aliphatic heterocycles. The Morgan fingerprint density at radius 1 is 1.24 bits per heavy atom. The van der Waals surface area contributed by atoms with Crippen LogP contribution in [0.25, 0.3) is 5.57 Å². The van der Waals surface area contributed by atoms with E-state index in [4.69, 9.17) is 4.74 Å². The maximum atomic E-state index is 12.5. The average Bonchev–Trinajstić information content (AvgIpc) is 3.18. The summed E-state index contributed by atoms with van der Waals surface area (Å²) in [7, 11) is 0. The lowest BCUT2D eigenvalue weighted by Crippen LogP contribution is -2.39. The first-order valence-corrected chi connectivity index (χ1v) is 10.6. The fourth-order valence-electron chi connectivity index (χ4n) is 2.90. The normalized spacial score (nSPS) is 14.3. The summed E-state index contributed by atoms with van der Waals surface area (Å²) < 4.78 is 5.42. The van der Waals surface area contributed by atoms with E-state index in [1.165, 1.54) is 16.9 Å². The standard InChI is InChI=1S/C22H27N3O3S/c1-5-15-6-8-17(9-7-15)24-19(26)18-14-23-20(29-18)16-10-12-25(13-11-16)21(27)28-22(2,3)4/h6-10,14H,5,11-13H2,1-4H3,(H,24,26). The van der Waals surface area contributed by atoms with Crippen LogP contribution in [0, 0.1) is 0 Å². The zero-order valence-electron chi connectivity index (χ0n) is 17.3. The molecule has 0 bridgehead atoms. The zero-order valence-corrected chi connectivity index (χ0v) is 18.1. The molecule has 3 rings (SSSR count). The lowest BCUT2D eigenvalue weighted by molar-refractivity contribution is 0.0270. The van der Waals surface area contributed by atoms with Gasteiger partial charge in [0.1, 0.15) is 15.5 Å². The van der Waals surface area contributed by atoms with E-state index in [2.05, 4.69) is 17.2 Å². The Kier molecular flexibility index (Phi) is 6.37. The number of hydrogen-bond donors (Lipinski definition) is 1. The molecule has 2 amide bonds. The van der Waals surface area contributed by atoms with Gasteiger partial charge in [-0.2, -0.15) is 0 Å². The van der Waals surface area contributed by atoms with Crippen LogP contribution < -0.4 is 5.32 Å². The van der Waals surface area contributed by atoms with Crippen molar-refractivity contribution >= 4 is 34.6 Å². The summed E-state index contributed by atoms with van der Waals surface area (Å²) in [5.41, 5.74) is 2.55. The number of hydrogen-bond acceptors (Lipinski definition) is 5. The topological polar surface area (TPSA) is 71.5 Å². The largest absolute Gasteiger partial charge is 0.444 e. The van der Waals surface area contributed by atoms with Crippen LogP contribution in [-0.2, 0) is 11.2 Å². The molecule has 154 valence electrons. The number of aryl methyl sites for hydroxylation is 1. The Labute approximate surface area is 175 Å². The second-order valence-corrected chi connectivity index (χ2v) is 8.97. The second-order valence-electron chi connectivity index (χ2n) is 7.94. The van der Waals surface area contributed by atoms with Crippen molar-refractivity contribution in [3.05, 3.63) is 52.0 Å². The Morgan fingerprint density at radius 2 is 1.97 bits per heavy atom. The van der Waals surface area contributed by atoms with Crippen molar-refractivity contribution < 1.29 is 14.3 Å². The van der Waals surface area contributed by atoms with E-state index in [1.807, 2.05) is 51.1 Å². The summed E-state index contributed by atoms with van der Waals surface area (Å²) in [6, 6.07) is 7.84. The molecule has 0 spiro atoms. The first kappa shape index (κ1) is 21.0. The first-order valence-electron chi connectivity index (χ1n) is 9.78. The summed E-state index contributed by atoms with van der Waals surface area (Å²) in [6.07, 6.45) is 4.94. The van der Waals surface area contributed by atoms with Crippen LogP contribution in [0.1, 0.15) is 54.4 Å². The first-order chi connectivity index (χ1) is 13.7. The van der Waals surface area contributed by atoms with E-state index in [9.17, 15) is 9.59 Å². The van der Waals surface area contributed by atoms with Gasteiger partial charge in [0.05, 0.1) is 6.20 Å².